The first kappa shape index (κ1) is 19.1. The van der Waals surface area contributed by atoms with Crippen LogP contribution >= 0.6 is 0 Å². The van der Waals surface area contributed by atoms with E-state index in [1.165, 1.54) is 17.0 Å². The summed E-state index contributed by atoms with van der Waals surface area (Å²) in [7, 11) is 0. The Balaban J connectivity index is 1.68. The van der Waals surface area contributed by atoms with E-state index < -0.39 is 11.7 Å². The van der Waals surface area contributed by atoms with E-state index in [1.54, 1.807) is 12.1 Å². The van der Waals surface area contributed by atoms with E-state index in [2.05, 4.69) is 4.90 Å². The number of nitrogens with zero attached hydrogens (tertiary/aromatic N) is 2. The molecule has 7 heteroatoms. The summed E-state index contributed by atoms with van der Waals surface area (Å²) >= 11 is 0. The minimum Gasteiger partial charge on any atom is -0.465 e. The first-order valence-corrected chi connectivity index (χ1v) is 9.22. The Kier molecular flexibility index (Phi) is 6.11. The van der Waals surface area contributed by atoms with E-state index in [4.69, 9.17) is 9.84 Å². The van der Waals surface area contributed by atoms with Gasteiger partial charge in [0.2, 0.25) is 0 Å². The van der Waals surface area contributed by atoms with Crippen LogP contribution < -0.4 is 0 Å². The van der Waals surface area contributed by atoms with E-state index in [1.807, 2.05) is 0 Å². The van der Waals surface area contributed by atoms with Crippen LogP contribution in [0.4, 0.5) is 9.18 Å². The first-order valence-electron chi connectivity index (χ1n) is 9.22. The average molecular weight is 366 g/mol. The molecule has 0 unspecified atom stereocenters. The number of ether oxygens (including phenoxy) is 1. The molecule has 2 heterocycles. The fourth-order valence-corrected chi connectivity index (χ4v) is 3.84. The number of carboxylic acid groups (broad SMARTS) is 1. The third kappa shape index (κ3) is 4.93. The number of hydrogen-bond acceptors (Lipinski definition) is 4. The molecule has 3 rings (SSSR count). The third-order valence-electron chi connectivity index (χ3n) is 5.47. The smallest absolute Gasteiger partial charge is 0.407 e. The maximum Gasteiger partial charge on any atom is 0.407 e. The molecule has 2 aliphatic rings. The topological polar surface area (TPSA) is 73.2 Å². The summed E-state index contributed by atoms with van der Waals surface area (Å²) < 4.78 is 18.7. The molecule has 2 aliphatic heterocycles. The molecule has 6 nitrogen and oxygen atoms in total. The zero-order valence-electron chi connectivity index (χ0n) is 14.9. The Bertz CT molecular complexity index is 596. The van der Waals surface area contributed by atoms with Crippen molar-refractivity contribution in [2.45, 2.75) is 43.9 Å². The van der Waals surface area contributed by atoms with Crippen LogP contribution in [0, 0.1) is 5.82 Å². The molecule has 0 aromatic heterocycles. The SMILES string of the molecule is O=C(O)N1CCC(O)(CN(Cc2ccc(F)cc2)C2CCOCC2)CC1. The summed E-state index contributed by atoms with van der Waals surface area (Å²) in [6, 6.07) is 6.77. The largest absolute Gasteiger partial charge is 0.465 e. The monoisotopic (exact) mass is 366 g/mol. The Morgan fingerprint density at radius 3 is 2.42 bits per heavy atom. The maximum atomic E-state index is 13.2. The number of benzene rings is 1. The van der Waals surface area contributed by atoms with Gasteiger partial charge in [0.05, 0.1) is 5.60 Å². The minimum absolute atomic E-state index is 0.258. The van der Waals surface area contributed by atoms with E-state index in [-0.39, 0.29) is 5.82 Å². The summed E-state index contributed by atoms with van der Waals surface area (Å²) in [5.41, 5.74) is 0.106. The van der Waals surface area contributed by atoms with E-state index in [0.717, 1.165) is 18.4 Å². The van der Waals surface area contributed by atoms with E-state index in [0.29, 0.717) is 58.3 Å². The van der Waals surface area contributed by atoms with Gasteiger partial charge >= 0.3 is 6.09 Å². The summed E-state index contributed by atoms with van der Waals surface area (Å²) in [4.78, 5) is 14.7. The third-order valence-corrected chi connectivity index (χ3v) is 5.47. The van der Waals surface area contributed by atoms with Crippen molar-refractivity contribution < 1.29 is 24.1 Å². The van der Waals surface area contributed by atoms with Crippen LogP contribution in [0.2, 0.25) is 0 Å². The highest BCUT2D eigenvalue weighted by atomic mass is 19.1. The van der Waals surface area contributed by atoms with Crippen molar-refractivity contribution in [2.75, 3.05) is 32.8 Å². The predicted octanol–water partition coefficient (Wildman–Crippen LogP) is 2.31. The zero-order valence-corrected chi connectivity index (χ0v) is 14.9. The molecule has 0 radical (unpaired) electrons. The van der Waals surface area contributed by atoms with E-state index in [9.17, 15) is 14.3 Å². The van der Waals surface area contributed by atoms with Gasteiger partial charge in [-0.25, -0.2) is 9.18 Å². The normalized spacial score (nSPS) is 21.1. The summed E-state index contributed by atoms with van der Waals surface area (Å²) in [5.74, 6) is -0.258. The maximum absolute atomic E-state index is 13.2. The van der Waals surface area contributed by atoms with Crippen molar-refractivity contribution in [1.29, 1.82) is 0 Å². The highest BCUT2D eigenvalue weighted by Crippen LogP contribution is 2.27. The molecule has 26 heavy (non-hydrogen) atoms. The number of aliphatic hydroxyl groups is 1. The fourth-order valence-electron chi connectivity index (χ4n) is 3.84. The van der Waals surface area contributed by atoms with Gasteiger partial charge < -0.3 is 19.8 Å². The Morgan fingerprint density at radius 1 is 1.23 bits per heavy atom. The number of carbonyl (C=O) groups is 1. The number of amides is 1. The first-order chi connectivity index (χ1) is 12.5. The Morgan fingerprint density at radius 2 is 1.85 bits per heavy atom. The molecule has 2 N–H and O–H groups in total. The quantitative estimate of drug-likeness (QED) is 0.837. The van der Waals surface area contributed by atoms with Gasteiger partial charge in [-0.2, -0.15) is 0 Å². The molecule has 0 atom stereocenters. The lowest BCUT2D eigenvalue weighted by Gasteiger charge is -2.43. The van der Waals surface area contributed by atoms with Crippen LogP contribution in [0.1, 0.15) is 31.2 Å². The second-order valence-electron chi connectivity index (χ2n) is 7.37. The molecule has 0 saturated carbocycles. The number of rotatable bonds is 5. The van der Waals surface area contributed by atoms with Crippen LogP contribution in [0.15, 0.2) is 24.3 Å². The lowest BCUT2D eigenvalue weighted by atomic mass is 9.89. The average Bonchev–Trinajstić information content (AvgIpc) is 2.64. The molecule has 0 bridgehead atoms. The van der Waals surface area contributed by atoms with Gasteiger partial charge in [0, 0.05) is 45.4 Å². The van der Waals surface area contributed by atoms with Gasteiger partial charge in [-0.3, -0.25) is 4.90 Å². The Hall–Kier alpha value is -1.70. The van der Waals surface area contributed by atoms with Crippen molar-refractivity contribution >= 4 is 6.09 Å². The number of halogens is 1. The standard InChI is InChI=1S/C19H27FN2O4/c20-16-3-1-15(2-4-16)13-22(17-5-11-26-12-6-17)14-19(25)7-9-21(10-8-19)18(23)24/h1-4,17,25H,5-14H2,(H,23,24). The van der Waals surface area contributed by atoms with Crippen LogP contribution in [0.25, 0.3) is 0 Å². The molecule has 0 aliphatic carbocycles. The molecule has 144 valence electrons. The lowest BCUT2D eigenvalue weighted by Crippen LogP contribution is -2.54. The second kappa shape index (κ2) is 8.33. The summed E-state index contributed by atoms with van der Waals surface area (Å²) in [6.45, 7) is 3.23. The van der Waals surface area contributed by atoms with Gasteiger partial charge in [-0.1, -0.05) is 12.1 Å². The number of piperidine rings is 1. The molecule has 2 saturated heterocycles. The van der Waals surface area contributed by atoms with Crippen LogP contribution in [0.3, 0.4) is 0 Å². The molecule has 2 fully saturated rings. The summed E-state index contributed by atoms with van der Waals surface area (Å²) in [6.07, 6.45) is 1.74. The fraction of sp³-hybridized carbons (Fsp3) is 0.632. The van der Waals surface area contributed by atoms with E-state index >= 15 is 0 Å². The van der Waals surface area contributed by atoms with Crippen molar-refractivity contribution in [1.82, 2.24) is 9.80 Å². The molecule has 1 aromatic carbocycles. The molecule has 1 aromatic rings. The summed E-state index contributed by atoms with van der Waals surface area (Å²) in [5, 5.41) is 20.1. The lowest BCUT2D eigenvalue weighted by molar-refractivity contribution is -0.0632. The van der Waals surface area contributed by atoms with Crippen molar-refractivity contribution in [3.05, 3.63) is 35.6 Å². The van der Waals surface area contributed by atoms with Gasteiger partial charge in [0.15, 0.2) is 0 Å². The minimum atomic E-state index is -0.931. The second-order valence-corrected chi connectivity index (χ2v) is 7.37. The number of hydrogen-bond donors (Lipinski definition) is 2. The molecular formula is C19H27FN2O4. The highest BCUT2D eigenvalue weighted by molar-refractivity contribution is 5.65. The molecule has 1 amide bonds. The molecular weight excluding hydrogens is 339 g/mol. The van der Waals surface area contributed by atoms with Crippen molar-refractivity contribution in [3.8, 4) is 0 Å². The van der Waals surface area contributed by atoms with Gasteiger partial charge in [0.1, 0.15) is 5.82 Å². The predicted molar refractivity (Wildman–Crippen MR) is 94.4 cm³/mol. The van der Waals surface area contributed by atoms with Gasteiger partial charge in [-0.05, 0) is 43.4 Å². The number of likely N-dealkylation sites (tertiary alicyclic amines) is 1. The van der Waals surface area contributed by atoms with Crippen molar-refractivity contribution in [3.63, 3.8) is 0 Å². The van der Waals surface area contributed by atoms with Crippen LogP contribution in [-0.4, -0.2) is 70.6 Å². The van der Waals surface area contributed by atoms with Gasteiger partial charge in [-0.15, -0.1) is 0 Å². The van der Waals surface area contributed by atoms with Crippen LogP contribution in [-0.2, 0) is 11.3 Å². The zero-order chi connectivity index (χ0) is 18.6. The highest BCUT2D eigenvalue weighted by Gasteiger charge is 2.37. The molecule has 0 spiro atoms. The Labute approximate surface area is 153 Å². The van der Waals surface area contributed by atoms with Crippen molar-refractivity contribution in [2.24, 2.45) is 0 Å². The van der Waals surface area contributed by atoms with Crippen LogP contribution in [0.5, 0.6) is 0 Å². The van der Waals surface area contributed by atoms with Gasteiger partial charge in [0.25, 0.3) is 0 Å².